The maximum Gasteiger partial charge on any atom is 0.224 e. The molecule has 96 valence electrons. The Bertz CT molecular complexity index is 704. The van der Waals surface area contributed by atoms with Gasteiger partial charge < -0.3 is 5.32 Å². The number of aromatic nitrogens is 2. The summed E-state index contributed by atoms with van der Waals surface area (Å²) in [6.07, 6.45) is 1.91. The Morgan fingerprint density at radius 2 is 1.95 bits per heavy atom. The van der Waals surface area contributed by atoms with E-state index in [1.165, 1.54) is 16.0 Å². The Morgan fingerprint density at radius 1 is 1.16 bits per heavy atom. The summed E-state index contributed by atoms with van der Waals surface area (Å²) in [4.78, 5) is 11.3. The van der Waals surface area contributed by atoms with E-state index in [9.17, 15) is 0 Å². The van der Waals surface area contributed by atoms with Crippen LogP contribution >= 0.6 is 11.3 Å². The lowest BCUT2D eigenvalue weighted by atomic mass is 10.2. The predicted octanol–water partition coefficient (Wildman–Crippen LogP) is 3.92. The van der Waals surface area contributed by atoms with Gasteiger partial charge in [-0.2, -0.15) is 0 Å². The zero-order chi connectivity index (χ0) is 13.2. The summed E-state index contributed by atoms with van der Waals surface area (Å²) < 4.78 is 0. The molecule has 0 atom stereocenters. The number of benzene rings is 1. The number of hydrogen-bond donors (Lipinski definition) is 1. The van der Waals surface area contributed by atoms with E-state index in [0.29, 0.717) is 5.95 Å². The van der Waals surface area contributed by atoms with Gasteiger partial charge in [-0.05, 0) is 25.0 Å². The van der Waals surface area contributed by atoms with Gasteiger partial charge in [-0.15, -0.1) is 11.3 Å². The minimum absolute atomic E-state index is 0.692. The molecule has 1 N–H and O–H groups in total. The molecule has 0 aliphatic rings. The van der Waals surface area contributed by atoms with Crippen LogP contribution < -0.4 is 5.32 Å². The van der Waals surface area contributed by atoms with Crippen LogP contribution in [0.3, 0.4) is 0 Å². The normalized spacial score (nSPS) is 10.8. The summed E-state index contributed by atoms with van der Waals surface area (Å²) in [5.74, 6) is 0.692. The van der Waals surface area contributed by atoms with Gasteiger partial charge in [0, 0.05) is 23.0 Å². The smallest absolute Gasteiger partial charge is 0.224 e. The lowest BCUT2D eigenvalue weighted by Crippen LogP contribution is -2.02. The van der Waals surface area contributed by atoms with Crippen LogP contribution in [0.4, 0.5) is 5.95 Å². The van der Waals surface area contributed by atoms with Crippen molar-refractivity contribution in [3.05, 3.63) is 52.5 Å². The molecule has 2 aromatic heterocycles. The molecule has 4 heteroatoms. The number of aryl methyl sites for hydroxylation is 2. The molecule has 0 amide bonds. The summed E-state index contributed by atoms with van der Waals surface area (Å²) >= 11 is 1.72. The molecule has 0 saturated carbocycles. The van der Waals surface area contributed by atoms with Crippen LogP contribution in [0.15, 0.2) is 36.5 Å². The van der Waals surface area contributed by atoms with Crippen molar-refractivity contribution < 1.29 is 0 Å². The molecule has 3 aromatic rings. The number of hydrogen-bond acceptors (Lipinski definition) is 4. The molecule has 19 heavy (non-hydrogen) atoms. The predicted molar refractivity (Wildman–Crippen MR) is 80.7 cm³/mol. The van der Waals surface area contributed by atoms with Crippen LogP contribution in [0, 0.1) is 13.8 Å². The van der Waals surface area contributed by atoms with Crippen molar-refractivity contribution in [3.8, 4) is 0 Å². The topological polar surface area (TPSA) is 37.8 Å². The van der Waals surface area contributed by atoms with Crippen LogP contribution in [-0.2, 0) is 6.54 Å². The van der Waals surface area contributed by atoms with Crippen molar-refractivity contribution in [2.45, 2.75) is 20.4 Å². The van der Waals surface area contributed by atoms with Gasteiger partial charge in [0.2, 0.25) is 5.95 Å². The fourth-order valence-electron chi connectivity index (χ4n) is 1.97. The van der Waals surface area contributed by atoms with Gasteiger partial charge in [-0.25, -0.2) is 9.97 Å². The average Bonchev–Trinajstić information content (AvgIpc) is 2.73. The number of rotatable bonds is 3. The number of thiophene rings is 1. The van der Waals surface area contributed by atoms with Crippen LogP contribution in [0.1, 0.15) is 16.0 Å². The first-order chi connectivity index (χ1) is 9.24. The van der Waals surface area contributed by atoms with Gasteiger partial charge in [-0.3, -0.25) is 0 Å². The largest absolute Gasteiger partial charge is 0.350 e. The zero-order valence-corrected chi connectivity index (χ0v) is 11.8. The van der Waals surface area contributed by atoms with E-state index in [1.54, 1.807) is 11.3 Å². The average molecular weight is 269 g/mol. The second-order valence-corrected chi connectivity index (χ2v) is 5.74. The van der Waals surface area contributed by atoms with E-state index in [1.807, 2.05) is 24.4 Å². The van der Waals surface area contributed by atoms with E-state index in [2.05, 4.69) is 41.3 Å². The van der Waals surface area contributed by atoms with Crippen molar-refractivity contribution in [2.75, 3.05) is 5.32 Å². The Kier molecular flexibility index (Phi) is 3.17. The van der Waals surface area contributed by atoms with Gasteiger partial charge in [0.15, 0.2) is 0 Å². The molecule has 3 rings (SSSR count). The van der Waals surface area contributed by atoms with Gasteiger partial charge in [0.25, 0.3) is 0 Å². The first kappa shape index (κ1) is 12.1. The number of nitrogens with zero attached hydrogens (tertiary/aromatic N) is 2. The molecule has 0 aliphatic heterocycles. The number of anilines is 1. The van der Waals surface area contributed by atoms with Gasteiger partial charge >= 0.3 is 0 Å². The highest BCUT2D eigenvalue weighted by Gasteiger charge is 2.07. The minimum atomic E-state index is 0.692. The summed E-state index contributed by atoms with van der Waals surface area (Å²) in [7, 11) is 0. The molecule has 3 nitrogen and oxygen atoms in total. The molecular formula is C15H15N3S. The van der Waals surface area contributed by atoms with Crippen molar-refractivity contribution in [1.29, 1.82) is 0 Å². The third kappa shape index (κ3) is 2.44. The highest BCUT2D eigenvalue weighted by molar-refractivity contribution is 7.18. The van der Waals surface area contributed by atoms with E-state index in [-0.39, 0.29) is 0 Å². The number of nitrogens with one attached hydrogen (secondary N) is 1. The third-order valence-electron chi connectivity index (χ3n) is 3.23. The van der Waals surface area contributed by atoms with Crippen molar-refractivity contribution in [1.82, 2.24) is 9.97 Å². The second-order valence-electron chi connectivity index (χ2n) is 4.53. The van der Waals surface area contributed by atoms with Crippen molar-refractivity contribution in [2.24, 2.45) is 0 Å². The highest BCUT2D eigenvalue weighted by Crippen LogP contribution is 2.28. The molecule has 0 radical (unpaired) electrons. The van der Waals surface area contributed by atoms with Gasteiger partial charge in [-0.1, -0.05) is 30.3 Å². The molecular weight excluding hydrogens is 254 g/mol. The molecule has 0 saturated heterocycles. The molecule has 0 fully saturated rings. The standard InChI is InChI=1S/C15H15N3S/c1-10-11(2)19-14-13(10)9-17-15(18-14)16-8-12-6-4-3-5-7-12/h3-7,9H,8H2,1-2H3,(H,16,17,18). The summed E-state index contributed by atoms with van der Waals surface area (Å²) in [6.45, 7) is 4.99. The molecule has 0 aliphatic carbocycles. The van der Waals surface area contributed by atoms with Crippen LogP contribution in [0.2, 0.25) is 0 Å². The molecule has 0 bridgehead atoms. The monoisotopic (exact) mass is 269 g/mol. The minimum Gasteiger partial charge on any atom is -0.350 e. The Hall–Kier alpha value is -1.94. The fraction of sp³-hybridized carbons (Fsp3) is 0.200. The summed E-state index contributed by atoms with van der Waals surface area (Å²) in [5, 5.41) is 4.43. The van der Waals surface area contributed by atoms with Crippen LogP contribution in [0.5, 0.6) is 0 Å². The SMILES string of the molecule is Cc1sc2nc(NCc3ccccc3)ncc2c1C. The second kappa shape index (κ2) is 4.97. The van der Waals surface area contributed by atoms with Crippen molar-refractivity contribution >= 4 is 27.5 Å². The van der Waals surface area contributed by atoms with Crippen molar-refractivity contribution in [3.63, 3.8) is 0 Å². The molecule has 2 heterocycles. The summed E-state index contributed by atoms with van der Waals surface area (Å²) in [5.41, 5.74) is 2.51. The Labute approximate surface area is 116 Å². The highest BCUT2D eigenvalue weighted by atomic mass is 32.1. The lowest BCUT2D eigenvalue weighted by Gasteiger charge is -2.04. The first-order valence-corrected chi connectivity index (χ1v) is 7.06. The number of fused-ring (bicyclic) bond motifs is 1. The zero-order valence-electron chi connectivity index (χ0n) is 11.0. The maximum atomic E-state index is 4.57. The molecule has 1 aromatic carbocycles. The molecule has 0 unspecified atom stereocenters. The van der Waals surface area contributed by atoms with Crippen LogP contribution in [0.25, 0.3) is 10.2 Å². The lowest BCUT2D eigenvalue weighted by molar-refractivity contribution is 1.07. The fourth-order valence-corrected chi connectivity index (χ4v) is 2.98. The van der Waals surface area contributed by atoms with E-state index < -0.39 is 0 Å². The van der Waals surface area contributed by atoms with E-state index >= 15 is 0 Å². The van der Waals surface area contributed by atoms with Gasteiger partial charge in [0.1, 0.15) is 4.83 Å². The van der Waals surface area contributed by atoms with Crippen LogP contribution in [-0.4, -0.2) is 9.97 Å². The van der Waals surface area contributed by atoms with E-state index in [0.717, 1.165) is 16.8 Å². The maximum absolute atomic E-state index is 4.57. The first-order valence-electron chi connectivity index (χ1n) is 6.24. The van der Waals surface area contributed by atoms with E-state index in [4.69, 9.17) is 0 Å². The Morgan fingerprint density at radius 3 is 2.74 bits per heavy atom. The van der Waals surface area contributed by atoms with Gasteiger partial charge in [0.05, 0.1) is 0 Å². The quantitative estimate of drug-likeness (QED) is 0.783. The third-order valence-corrected chi connectivity index (χ3v) is 4.35. The summed E-state index contributed by atoms with van der Waals surface area (Å²) in [6, 6.07) is 10.3. The molecule has 0 spiro atoms. The Balaban J connectivity index is 1.82.